The molecule has 3 aromatic rings. The van der Waals surface area contributed by atoms with Gasteiger partial charge in [-0.15, -0.1) is 11.3 Å². The number of fused-ring (bicyclic) bond motifs is 1. The van der Waals surface area contributed by atoms with E-state index >= 15 is 0 Å². The Morgan fingerprint density at radius 2 is 2.00 bits per heavy atom. The fourth-order valence-corrected chi connectivity index (χ4v) is 3.30. The lowest BCUT2D eigenvalue weighted by atomic mass is 10.1. The summed E-state index contributed by atoms with van der Waals surface area (Å²) < 4.78 is 1.52. The number of carboxylic acids is 1. The van der Waals surface area contributed by atoms with Gasteiger partial charge in [-0.25, -0.2) is 9.78 Å². The zero-order chi connectivity index (χ0) is 15.9. The normalized spacial score (nSPS) is 11.0. The van der Waals surface area contributed by atoms with Gasteiger partial charge in [0.25, 0.3) is 5.56 Å². The van der Waals surface area contributed by atoms with Crippen LogP contribution in [-0.4, -0.2) is 20.6 Å². The number of aryl methyl sites for hydroxylation is 1. The van der Waals surface area contributed by atoms with Crippen molar-refractivity contribution < 1.29 is 9.90 Å². The Kier molecular flexibility index (Phi) is 3.54. The van der Waals surface area contributed by atoms with Crippen LogP contribution in [0.25, 0.3) is 21.6 Å². The number of carbonyl (C=O) groups is 1. The highest BCUT2D eigenvalue weighted by atomic mass is 32.1. The number of aromatic carboxylic acids is 1. The van der Waals surface area contributed by atoms with Crippen LogP contribution >= 0.6 is 11.3 Å². The molecule has 0 aliphatic carbocycles. The van der Waals surface area contributed by atoms with Crippen LogP contribution < -0.4 is 5.56 Å². The Balaban J connectivity index is 2.35. The van der Waals surface area contributed by atoms with Crippen molar-refractivity contribution in [3.63, 3.8) is 0 Å². The van der Waals surface area contributed by atoms with E-state index in [0.29, 0.717) is 17.2 Å². The average Bonchev–Trinajstić information content (AvgIpc) is 2.92. The number of rotatable bonds is 3. The molecule has 0 bridgehead atoms. The summed E-state index contributed by atoms with van der Waals surface area (Å²) in [7, 11) is 0. The van der Waals surface area contributed by atoms with Gasteiger partial charge >= 0.3 is 5.97 Å². The van der Waals surface area contributed by atoms with Crippen molar-refractivity contribution in [3.05, 3.63) is 51.1 Å². The smallest absolute Gasteiger partial charge is 0.337 e. The third-order valence-corrected chi connectivity index (χ3v) is 4.42. The van der Waals surface area contributed by atoms with E-state index in [1.54, 1.807) is 0 Å². The monoisotopic (exact) mass is 314 g/mol. The Morgan fingerprint density at radius 1 is 1.32 bits per heavy atom. The van der Waals surface area contributed by atoms with Gasteiger partial charge in [0.2, 0.25) is 0 Å². The van der Waals surface area contributed by atoms with E-state index in [2.05, 4.69) is 4.98 Å². The molecule has 1 aromatic carbocycles. The summed E-state index contributed by atoms with van der Waals surface area (Å²) in [5, 5.41) is 10.9. The molecule has 22 heavy (non-hydrogen) atoms. The minimum absolute atomic E-state index is 0.0233. The molecule has 2 heterocycles. The SMILES string of the molecule is CCn1c(-c2ccc(C)cc2)nc2scc(C(=O)O)c2c1=O. The van der Waals surface area contributed by atoms with E-state index in [9.17, 15) is 14.7 Å². The summed E-state index contributed by atoms with van der Waals surface area (Å²) >= 11 is 1.18. The highest BCUT2D eigenvalue weighted by molar-refractivity contribution is 7.17. The van der Waals surface area contributed by atoms with Gasteiger partial charge in [0.05, 0.1) is 10.9 Å². The van der Waals surface area contributed by atoms with E-state index in [4.69, 9.17) is 0 Å². The van der Waals surface area contributed by atoms with Gasteiger partial charge in [-0.2, -0.15) is 0 Å². The van der Waals surface area contributed by atoms with Gasteiger partial charge in [-0.05, 0) is 13.8 Å². The van der Waals surface area contributed by atoms with Crippen LogP contribution in [0.2, 0.25) is 0 Å². The number of aromatic nitrogens is 2. The Labute approximate surface area is 130 Å². The number of carboxylic acid groups (broad SMARTS) is 1. The fourth-order valence-electron chi connectivity index (χ4n) is 2.40. The molecule has 0 amide bonds. The van der Waals surface area contributed by atoms with Crippen LogP contribution in [0.5, 0.6) is 0 Å². The van der Waals surface area contributed by atoms with E-state index in [-0.39, 0.29) is 16.5 Å². The Hall–Kier alpha value is -2.47. The van der Waals surface area contributed by atoms with E-state index in [0.717, 1.165) is 11.1 Å². The molecular weight excluding hydrogens is 300 g/mol. The van der Waals surface area contributed by atoms with Gasteiger partial charge in [0, 0.05) is 17.5 Å². The number of thiophene rings is 1. The second kappa shape index (κ2) is 5.38. The van der Waals surface area contributed by atoms with Gasteiger partial charge in [-0.1, -0.05) is 29.8 Å². The van der Waals surface area contributed by atoms with Crippen molar-refractivity contribution in [1.82, 2.24) is 9.55 Å². The quantitative estimate of drug-likeness (QED) is 0.806. The van der Waals surface area contributed by atoms with E-state index < -0.39 is 5.97 Å². The largest absolute Gasteiger partial charge is 0.478 e. The number of hydrogen-bond donors (Lipinski definition) is 1. The lowest BCUT2D eigenvalue weighted by Gasteiger charge is -2.10. The van der Waals surface area contributed by atoms with Crippen LogP contribution in [0.1, 0.15) is 22.8 Å². The second-order valence-electron chi connectivity index (χ2n) is 4.99. The lowest BCUT2D eigenvalue weighted by Crippen LogP contribution is -2.23. The molecule has 2 aromatic heterocycles. The summed E-state index contributed by atoms with van der Waals surface area (Å²) in [6, 6.07) is 7.76. The van der Waals surface area contributed by atoms with Crippen molar-refractivity contribution in [1.29, 1.82) is 0 Å². The summed E-state index contributed by atoms with van der Waals surface area (Å²) in [5.41, 5.74) is 1.69. The first kappa shape index (κ1) is 14.5. The molecular formula is C16H14N2O3S. The van der Waals surface area contributed by atoms with Gasteiger partial charge in [0.15, 0.2) is 0 Å². The van der Waals surface area contributed by atoms with Gasteiger partial charge in [-0.3, -0.25) is 9.36 Å². The molecule has 3 rings (SSSR count). The first-order chi connectivity index (χ1) is 10.5. The van der Waals surface area contributed by atoms with Crippen LogP contribution in [0.3, 0.4) is 0 Å². The van der Waals surface area contributed by atoms with Crippen LogP contribution in [0, 0.1) is 6.92 Å². The van der Waals surface area contributed by atoms with Crippen molar-refractivity contribution >= 4 is 27.5 Å². The minimum Gasteiger partial charge on any atom is -0.478 e. The average molecular weight is 314 g/mol. The lowest BCUT2D eigenvalue weighted by molar-refractivity contribution is 0.0699. The molecule has 0 unspecified atom stereocenters. The predicted octanol–water partition coefficient (Wildman–Crippen LogP) is 3.15. The summed E-state index contributed by atoms with van der Waals surface area (Å²) in [5.74, 6) is -0.533. The molecule has 0 fully saturated rings. The number of hydrogen-bond acceptors (Lipinski definition) is 4. The van der Waals surface area contributed by atoms with Gasteiger partial charge < -0.3 is 5.11 Å². The zero-order valence-corrected chi connectivity index (χ0v) is 13.0. The molecule has 0 radical (unpaired) electrons. The highest BCUT2D eigenvalue weighted by Crippen LogP contribution is 2.25. The maximum atomic E-state index is 12.7. The predicted molar refractivity (Wildman–Crippen MR) is 86.7 cm³/mol. The molecule has 0 aliphatic rings. The summed E-state index contributed by atoms with van der Waals surface area (Å²) in [4.78, 5) is 28.9. The molecule has 0 atom stereocenters. The standard InChI is InChI=1S/C16H14N2O3S/c1-3-18-13(10-6-4-9(2)5-7-10)17-14-12(15(18)19)11(8-22-14)16(20)21/h4-8H,3H2,1-2H3,(H,20,21). The number of nitrogens with zero attached hydrogens (tertiary/aromatic N) is 2. The summed E-state index contributed by atoms with van der Waals surface area (Å²) in [6.45, 7) is 4.27. The minimum atomic E-state index is -1.10. The van der Waals surface area contributed by atoms with E-state index in [1.807, 2.05) is 38.1 Å². The van der Waals surface area contributed by atoms with Crippen molar-refractivity contribution in [3.8, 4) is 11.4 Å². The highest BCUT2D eigenvalue weighted by Gasteiger charge is 2.19. The van der Waals surface area contributed by atoms with Crippen molar-refractivity contribution in [2.75, 3.05) is 0 Å². The number of benzene rings is 1. The molecule has 0 aliphatic heterocycles. The zero-order valence-electron chi connectivity index (χ0n) is 12.2. The molecule has 6 heteroatoms. The van der Waals surface area contributed by atoms with E-state index in [1.165, 1.54) is 21.3 Å². The van der Waals surface area contributed by atoms with Gasteiger partial charge in [0.1, 0.15) is 10.7 Å². The molecule has 0 spiro atoms. The molecule has 0 saturated carbocycles. The van der Waals surface area contributed by atoms with Crippen molar-refractivity contribution in [2.45, 2.75) is 20.4 Å². The molecule has 112 valence electrons. The maximum absolute atomic E-state index is 12.7. The molecule has 0 saturated heterocycles. The van der Waals surface area contributed by atoms with Crippen LogP contribution in [-0.2, 0) is 6.54 Å². The second-order valence-corrected chi connectivity index (χ2v) is 5.84. The maximum Gasteiger partial charge on any atom is 0.337 e. The topological polar surface area (TPSA) is 72.2 Å². The summed E-state index contributed by atoms with van der Waals surface area (Å²) in [6.07, 6.45) is 0. The Bertz CT molecular complexity index is 923. The molecule has 5 nitrogen and oxygen atoms in total. The fraction of sp³-hybridized carbons (Fsp3) is 0.188. The van der Waals surface area contributed by atoms with Crippen LogP contribution in [0.4, 0.5) is 0 Å². The molecule has 1 N–H and O–H groups in total. The third-order valence-electron chi connectivity index (χ3n) is 3.55. The van der Waals surface area contributed by atoms with Crippen LogP contribution in [0.15, 0.2) is 34.4 Å². The Morgan fingerprint density at radius 3 is 2.59 bits per heavy atom. The first-order valence-corrected chi connectivity index (χ1v) is 7.73. The first-order valence-electron chi connectivity index (χ1n) is 6.85. The third kappa shape index (κ3) is 2.21. The van der Waals surface area contributed by atoms with Crippen molar-refractivity contribution in [2.24, 2.45) is 0 Å².